The van der Waals surface area contributed by atoms with Gasteiger partial charge in [-0.15, -0.1) is 0 Å². The van der Waals surface area contributed by atoms with Crippen LogP contribution in [0.3, 0.4) is 0 Å². The van der Waals surface area contributed by atoms with Crippen LogP contribution in [0.2, 0.25) is 0 Å². The Bertz CT molecular complexity index is 1180. The first-order valence-corrected chi connectivity index (χ1v) is 11.8. The SMILES string of the molecule is CC(=O)c1ccc2c(c1)N(C)C(=O)C2(C)C.CN1C(=O)C(C)(C)c2ccc(C(=O)CBr)cc21. The topological polar surface area (TPSA) is 74.8 Å². The molecule has 2 amide bonds. The van der Waals surface area contributed by atoms with Gasteiger partial charge in [0.05, 0.1) is 16.2 Å². The van der Waals surface area contributed by atoms with Gasteiger partial charge in [0.1, 0.15) is 0 Å². The molecule has 0 fully saturated rings. The zero-order valence-corrected chi connectivity index (χ0v) is 21.7. The zero-order valence-electron chi connectivity index (χ0n) is 20.1. The summed E-state index contributed by atoms with van der Waals surface area (Å²) in [7, 11) is 3.50. The summed E-state index contributed by atoms with van der Waals surface area (Å²) in [6.07, 6.45) is 0. The number of rotatable bonds is 3. The molecular weight excluding hydrogens is 484 g/mol. The van der Waals surface area contributed by atoms with E-state index in [1.54, 1.807) is 48.2 Å². The summed E-state index contributed by atoms with van der Waals surface area (Å²) in [6, 6.07) is 10.9. The van der Waals surface area contributed by atoms with Crippen LogP contribution in [0.4, 0.5) is 11.4 Å². The predicted octanol–water partition coefficient (Wildman–Crippen LogP) is 4.66. The molecule has 6 nitrogen and oxygen atoms in total. The molecule has 0 aliphatic carbocycles. The number of likely N-dealkylation sites (N-methyl/N-ethyl adjacent to an activating group) is 2. The third kappa shape index (κ3) is 4.03. The fourth-order valence-electron chi connectivity index (χ4n) is 4.43. The highest BCUT2D eigenvalue weighted by atomic mass is 79.9. The second-order valence-corrected chi connectivity index (χ2v) is 10.1. The Morgan fingerprint density at radius 3 is 1.58 bits per heavy atom. The molecule has 0 radical (unpaired) electrons. The van der Waals surface area contributed by atoms with Gasteiger partial charge in [0.15, 0.2) is 11.6 Å². The first-order chi connectivity index (χ1) is 15.2. The fraction of sp³-hybridized carbons (Fsp3) is 0.385. The maximum Gasteiger partial charge on any atom is 0.236 e. The molecule has 7 heteroatoms. The molecule has 2 aliphatic heterocycles. The second kappa shape index (κ2) is 8.52. The van der Waals surface area contributed by atoms with Crippen molar-refractivity contribution in [2.75, 3.05) is 29.2 Å². The molecule has 0 bridgehead atoms. The highest BCUT2D eigenvalue weighted by Gasteiger charge is 2.43. The largest absolute Gasteiger partial charge is 0.314 e. The smallest absolute Gasteiger partial charge is 0.236 e. The zero-order chi connectivity index (χ0) is 24.9. The normalized spacial score (nSPS) is 17.3. The van der Waals surface area contributed by atoms with Crippen molar-refractivity contribution in [2.24, 2.45) is 0 Å². The van der Waals surface area contributed by atoms with E-state index in [9.17, 15) is 19.2 Å². The van der Waals surface area contributed by atoms with E-state index in [0.717, 1.165) is 22.5 Å². The van der Waals surface area contributed by atoms with Crippen LogP contribution in [0.25, 0.3) is 0 Å². The molecule has 2 aliphatic rings. The summed E-state index contributed by atoms with van der Waals surface area (Å²) in [5, 5.41) is 0.298. The monoisotopic (exact) mass is 512 g/mol. The standard InChI is InChI=1S/C13H14BrNO2.C13H15NO2/c1-13(2)9-5-4-8(11(16)7-14)6-10(9)15(3)12(13)17;1-8(15)9-5-6-10-11(7-9)14(4)12(16)13(10,2)3/h4-6H,7H2,1-3H3;5-7H,1-4H3. The van der Waals surface area contributed by atoms with Crippen LogP contribution < -0.4 is 9.80 Å². The van der Waals surface area contributed by atoms with Crippen LogP contribution in [0.1, 0.15) is 66.5 Å². The Balaban J connectivity index is 0.000000186. The highest BCUT2D eigenvalue weighted by molar-refractivity contribution is 9.09. The summed E-state index contributed by atoms with van der Waals surface area (Å²) in [4.78, 5) is 50.2. The fourth-order valence-corrected chi connectivity index (χ4v) is 4.76. The number of anilines is 2. The number of halogens is 1. The van der Waals surface area contributed by atoms with Crippen LogP contribution in [-0.2, 0) is 20.4 Å². The van der Waals surface area contributed by atoms with Crippen molar-refractivity contribution >= 4 is 50.7 Å². The lowest BCUT2D eigenvalue weighted by Gasteiger charge is -2.16. The number of benzene rings is 2. The molecule has 0 atom stereocenters. The van der Waals surface area contributed by atoms with Gasteiger partial charge in [0.2, 0.25) is 11.8 Å². The van der Waals surface area contributed by atoms with Crippen molar-refractivity contribution in [1.29, 1.82) is 0 Å². The molecule has 0 spiro atoms. The minimum absolute atomic E-state index is 0.0216. The number of ketones is 2. The maximum absolute atomic E-state index is 12.1. The molecule has 4 rings (SSSR count). The van der Waals surface area contributed by atoms with Crippen molar-refractivity contribution in [3.8, 4) is 0 Å². The van der Waals surface area contributed by atoms with Gasteiger partial charge < -0.3 is 9.80 Å². The van der Waals surface area contributed by atoms with Gasteiger partial charge in [-0.2, -0.15) is 0 Å². The molecule has 2 aromatic carbocycles. The van der Waals surface area contributed by atoms with E-state index >= 15 is 0 Å². The average Bonchev–Trinajstić information content (AvgIpc) is 3.07. The van der Waals surface area contributed by atoms with Gasteiger partial charge in [-0.05, 0) is 57.9 Å². The lowest BCUT2D eigenvalue weighted by Crippen LogP contribution is -2.33. The van der Waals surface area contributed by atoms with Crippen LogP contribution in [0.5, 0.6) is 0 Å². The Morgan fingerprint density at radius 2 is 1.18 bits per heavy atom. The summed E-state index contributed by atoms with van der Waals surface area (Å²) in [5.41, 5.74) is 3.96. The van der Waals surface area contributed by atoms with Gasteiger partial charge in [-0.1, -0.05) is 40.2 Å². The second-order valence-electron chi connectivity index (χ2n) is 9.56. The molecule has 0 N–H and O–H groups in total. The number of carbonyl (C=O) groups is 4. The molecule has 0 saturated heterocycles. The lowest BCUT2D eigenvalue weighted by atomic mass is 9.85. The molecule has 0 unspecified atom stereocenters. The Morgan fingerprint density at radius 1 is 0.788 bits per heavy atom. The van der Waals surface area contributed by atoms with Crippen molar-refractivity contribution in [3.63, 3.8) is 0 Å². The van der Waals surface area contributed by atoms with Gasteiger partial charge in [0.25, 0.3) is 0 Å². The van der Waals surface area contributed by atoms with E-state index in [1.807, 2.05) is 39.8 Å². The minimum Gasteiger partial charge on any atom is -0.314 e. The van der Waals surface area contributed by atoms with Crippen molar-refractivity contribution in [2.45, 2.75) is 45.4 Å². The van der Waals surface area contributed by atoms with E-state index < -0.39 is 10.8 Å². The summed E-state index contributed by atoms with van der Waals surface area (Å²) >= 11 is 3.15. The van der Waals surface area contributed by atoms with E-state index in [1.165, 1.54) is 6.92 Å². The lowest BCUT2D eigenvalue weighted by molar-refractivity contribution is -0.122. The van der Waals surface area contributed by atoms with E-state index in [0.29, 0.717) is 16.5 Å². The van der Waals surface area contributed by atoms with Crippen molar-refractivity contribution < 1.29 is 19.2 Å². The van der Waals surface area contributed by atoms with Crippen LogP contribution >= 0.6 is 15.9 Å². The molecule has 0 aromatic heterocycles. The first kappa shape index (κ1) is 24.8. The van der Waals surface area contributed by atoms with E-state index in [-0.39, 0.29) is 23.4 Å². The van der Waals surface area contributed by atoms with Crippen molar-refractivity contribution in [1.82, 2.24) is 0 Å². The number of hydrogen-bond donors (Lipinski definition) is 0. The third-order valence-corrected chi connectivity index (χ3v) is 7.10. The molecule has 2 heterocycles. The molecule has 2 aromatic rings. The van der Waals surface area contributed by atoms with Gasteiger partial charge in [-0.3, -0.25) is 19.2 Å². The summed E-state index contributed by atoms with van der Waals surface area (Å²) < 4.78 is 0. The van der Waals surface area contributed by atoms with Gasteiger partial charge in [0, 0.05) is 36.6 Å². The minimum atomic E-state index is -0.500. The Kier molecular flexibility index (Phi) is 6.41. The van der Waals surface area contributed by atoms with Crippen LogP contribution in [0, 0.1) is 0 Å². The molecule has 0 saturated carbocycles. The Labute approximate surface area is 203 Å². The number of fused-ring (bicyclic) bond motifs is 2. The summed E-state index contributed by atoms with van der Waals surface area (Å²) in [6.45, 7) is 9.16. The average molecular weight is 513 g/mol. The number of amides is 2. The number of Topliss-reactive ketones (excluding diaryl/α,β-unsaturated/α-hetero) is 2. The van der Waals surface area contributed by atoms with Crippen LogP contribution in [0.15, 0.2) is 36.4 Å². The van der Waals surface area contributed by atoms with Gasteiger partial charge in [-0.25, -0.2) is 0 Å². The number of hydrogen-bond acceptors (Lipinski definition) is 4. The van der Waals surface area contributed by atoms with Gasteiger partial charge >= 0.3 is 0 Å². The maximum atomic E-state index is 12.1. The number of carbonyl (C=O) groups excluding carboxylic acids is 4. The third-order valence-electron chi connectivity index (χ3n) is 6.59. The summed E-state index contributed by atoms with van der Waals surface area (Å²) in [5.74, 6) is 0.186. The molecule has 174 valence electrons. The number of nitrogens with zero attached hydrogens (tertiary/aromatic N) is 2. The van der Waals surface area contributed by atoms with Crippen molar-refractivity contribution in [3.05, 3.63) is 58.7 Å². The van der Waals surface area contributed by atoms with E-state index in [4.69, 9.17) is 0 Å². The number of alkyl halides is 1. The Hall–Kier alpha value is -2.80. The molecular formula is C26H29BrN2O4. The predicted molar refractivity (Wildman–Crippen MR) is 134 cm³/mol. The first-order valence-electron chi connectivity index (χ1n) is 10.7. The quantitative estimate of drug-likeness (QED) is 0.442. The van der Waals surface area contributed by atoms with E-state index in [2.05, 4.69) is 15.9 Å². The molecule has 33 heavy (non-hydrogen) atoms. The van der Waals surface area contributed by atoms with Crippen LogP contribution in [-0.4, -0.2) is 42.8 Å². The highest BCUT2D eigenvalue weighted by Crippen LogP contribution is 2.42.